The second kappa shape index (κ2) is 11.0. The number of benzene rings is 2. The summed E-state index contributed by atoms with van der Waals surface area (Å²) < 4.78 is 68.8. The van der Waals surface area contributed by atoms with Crippen molar-refractivity contribution >= 4 is 38.5 Å². The monoisotopic (exact) mass is 537 g/mol. The molecule has 190 valence electrons. The highest BCUT2D eigenvalue weighted by molar-refractivity contribution is 7.90. The molecule has 3 N–H and O–H groups in total. The third-order valence-electron chi connectivity index (χ3n) is 4.74. The van der Waals surface area contributed by atoms with Crippen LogP contribution < -0.4 is 15.8 Å². The van der Waals surface area contributed by atoms with Gasteiger partial charge in [0.2, 0.25) is 0 Å². The highest BCUT2D eigenvalue weighted by Crippen LogP contribution is 2.32. The Morgan fingerprint density at radius 3 is 2.53 bits per heavy atom. The molecule has 3 rings (SSSR count). The van der Waals surface area contributed by atoms with E-state index in [1.807, 2.05) is 0 Å². The number of hydrogen-bond acceptors (Lipinski definition) is 7. The molecular weight excluding hydrogens is 515 g/mol. The molecule has 1 aromatic heterocycles. The van der Waals surface area contributed by atoms with Crippen LogP contribution in [0.3, 0.4) is 0 Å². The fourth-order valence-electron chi connectivity index (χ4n) is 2.90. The van der Waals surface area contributed by atoms with E-state index in [0.29, 0.717) is 21.1 Å². The maximum Gasteiger partial charge on any atom is 0.430 e. The summed E-state index contributed by atoms with van der Waals surface area (Å²) in [6.45, 7) is -0.238. The predicted octanol–water partition coefficient (Wildman–Crippen LogP) is 4.47. The van der Waals surface area contributed by atoms with Crippen LogP contribution in [0.1, 0.15) is 4.88 Å². The molecule has 7 nitrogen and oxygen atoms in total. The van der Waals surface area contributed by atoms with Gasteiger partial charge >= 0.3 is 6.18 Å². The van der Waals surface area contributed by atoms with Gasteiger partial charge in [-0.25, -0.2) is 13.4 Å². The number of rotatable bonds is 8. The van der Waals surface area contributed by atoms with Gasteiger partial charge in [0.25, 0.3) is 5.91 Å². The third kappa shape index (κ3) is 7.18. The van der Waals surface area contributed by atoms with Gasteiger partial charge in [0.05, 0.1) is 21.2 Å². The summed E-state index contributed by atoms with van der Waals surface area (Å²) in [5, 5.41) is 2.41. The summed E-state index contributed by atoms with van der Waals surface area (Å²) in [6, 6.07) is 15.7. The lowest BCUT2D eigenvalue weighted by atomic mass is 10.2. The predicted molar refractivity (Wildman–Crippen MR) is 133 cm³/mol. The Bertz CT molecular complexity index is 1430. The van der Waals surface area contributed by atoms with Crippen LogP contribution in [0.15, 0.2) is 82.3 Å². The van der Waals surface area contributed by atoms with Gasteiger partial charge in [0, 0.05) is 24.2 Å². The Morgan fingerprint density at radius 1 is 1.14 bits per heavy atom. The minimum atomic E-state index is -4.76. The summed E-state index contributed by atoms with van der Waals surface area (Å²) in [6.07, 6.45) is -2.93. The Hall–Kier alpha value is -3.64. The van der Waals surface area contributed by atoms with E-state index in [2.05, 4.69) is 10.3 Å². The van der Waals surface area contributed by atoms with Crippen LogP contribution in [-0.2, 0) is 14.6 Å². The first-order valence-electron chi connectivity index (χ1n) is 10.3. The minimum absolute atomic E-state index is 0.0520. The van der Waals surface area contributed by atoms with Gasteiger partial charge in [0.1, 0.15) is 11.4 Å². The number of nitrogens with one attached hydrogen (secondary N) is 1. The lowest BCUT2D eigenvalue weighted by molar-refractivity contribution is -0.122. The summed E-state index contributed by atoms with van der Waals surface area (Å²) in [5.41, 5.74) is 4.76. The van der Waals surface area contributed by atoms with Crippen molar-refractivity contribution in [2.45, 2.75) is 11.1 Å². The van der Waals surface area contributed by atoms with Crippen LogP contribution in [0, 0.1) is 0 Å². The molecule has 0 fully saturated rings. The topological polar surface area (TPSA) is 111 Å². The molecule has 2 aromatic carbocycles. The van der Waals surface area contributed by atoms with Crippen LogP contribution in [0.2, 0.25) is 0 Å². The number of nitrogens with two attached hydrogens (primary N) is 1. The maximum absolute atomic E-state index is 13.2. The second-order valence-electron chi connectivity index (χ2n) is 7.52. The number of likely N-dealkylation sites (N-methyl/N-ethyl adjacent to an activating group) is 1. The van der Waals surface area contributed by atoms with E-state index >= 15 is 0 Å². The third-order valence-corrected chi connectivity index (χ3v) is 7.01. The molecule has 0 spiro atoms. The van der Waals surface area contributed by atoms with Gasteiger partial charge in [-0.1, -0.05) is 18.2 Å². The van der Waals surface area contributed by atoms with Crippen LogP contribution in [-0.4, -0.2) is 46.1 Å². The number of thiophene rings is 1. The van der Waals surface area contributed by atoms with Crippen LogP contribution >= 0.6 is 11.3 Å². The molecule has 0 unspecified atom stereocenters. The van der Waals surface area contributed by atoms with E-state index in [-0.39, 0.29) is 28.8 Å². The van der Waals surface area contributed by atoms with Gasteiger partial charge in [-0.2, -0.15) is 13.2 Å². The van der Waals surface area contributed by atoms with Crippen molar-refractivity contribution in [2.24, 2.45) is 10.7 Å². The van der Waals surface area contributed by atoms with E-state index < -0.39 is 21.7 Å². The average molecular weight is 538 g/mol. The molecule has 1 amide bonds. The molecule has 0 radical (unpaired) electrons. The quantitative estimate of drug-likeness (QED) is 0.412. The molecule has 1 heterocycles. The van der Waals surface area contributed by atoms with E-state index in [0.717, 1.165) is 23.7 Å². The first kappa shape index (κ1) is 27.0. The van der Waals surface area contributed by atoms with E-state index in [1.54, 1.807) is 42.5 Å². The highest BCUT2D eigenvalue weighted by Gasteiger charge is 2.32. The summed E-state index contributed by atoms with van der Waals surface area (Å²) >= 11 is 1.13. The molecule has 0 saturated heterocycles. The minimum Gasteiger partial charge on any atom is -0.484 e. The zero-order chi connectivity index (χ0) is 26.5. The van der Waals surface area contributed by atoms with Gasteiger partial charge in [-0.3, -0.25) is 4.79 Å². The Kier molecular flexibility index (Phi) is 8.21. The van der Waals surface area contributed by atoms with Crippen molar-refractivity contribution in [3.05, 3.63) is 77.3 Å². The van der Waals surface area contributed by atoms with Gasteiger partial charge in [0.15, 0.2) is 16.4 Å². The van der Waals surface area contributed by atoms with Crippen LogP contribution in [0.5, 0.6) is 5.75 Å². The molecule has 36 heavy (non-hydrogen) atoms. The number of hydrogen-bond donors (Lipinski definition) is 2. The number of alkyl halides is 3. The Balaban J connectivity index is 2.03. The summed E-state index contributed by atoms with van der Waals surface area (Å²) in [4.78, 5) is 16.9. The molecule has 12 heteroatoms. The summed E-state index contributed by atoms with van der Waals surface area (Å²) in [7, 11) is -1.98. The van der Waals surface area contributed by atoms with Crippen molar-refractivity contribution < 1.29 is 31.1 Å². The molecular formula is C24H22F3N3O4S2. The fraction of sp³-hybridized carbons (Fsp3) is 0.167. The van der Waals surface area contributed by atoms with Crippen molar-refractivity contribution in [3.8, 4) is 16.2 Å². The first-order chi connectivity index (χ1) is 16.9. The molecule has 0 aliphatic rings. The van der Waals surface area contributed by atoms with Crippen molar-refractivity contribution in [3.63, 3.8) is 0 Å². The molecule has 0 atom stereocenters. The molecule has 3 aromatic rings. The first-order valence-corrected chi connectivity index (χ1v) is 13.0. The van der Waals surface area contributed by atoms with E-state index in [1.165, 1.54) is 25.2 Å². The second-order valence-corrected chi connectivity index (χ2v) is 10.6. The molecule has 0 bridgehead atoms. The van der Waals surface area contributed by atoms with E-state index in [9.17, 15) is 26.4 Å². The number of aliphatic imine (C=N–C) groups is 1. The number of carbonyl (C=O) groups excluding carboxylic acids is 1. The standard InChI is InChI=1S/C24H22F3N3O4S2/c1-29-23(31)14-34-17-7-4-6-16(12-17)30-19(13-22(28)24(25,26)27)21-10-9-20(35-21)15-5-3-8-18(11-15)36(2,32)33/h3-13H,14,28H2,1-2H3,(H,29,31). The van der Waals surface area contributed by atoms with Crippen LogP contribution in [0.25, 0.3) is 10.4 Å². The number of carbonyl (C=O) groups is 1. The van der Waals surface area contributed by atoms with Gasteiger partial charge < -0.3 is 15.8 Å². The zero-order valence-electron chi connectivity index (χ0n) is 19.2. The maximum atomic E-state index is 13.2. The molecule has 0 saturated carbocycles. The smallest absolute Gasteiger partial charge is 0.430 e. The van der Waals surface area contributed by atoms with Gasteiger partial charge in [-0.05, 0) is 48.0 Å². The summed E-state index contributed by atoms with van der Waals surface area (Å²) in [5.74, 6) is -0.0482. The molecule has 0 aliphatic heterocycles. The van der Waals surface area contributed by atoms with E-state index in [4.69, 9.17) is 10.5 Å². The number of halogens is 3. The SMILES string of the molecule is CNC(=O)COc1cccc(N=C(C=C(N)C(F)(F)F)c2ccc(-c3cccc(S(C)(=O)=O)c3)s2)c1. The van der Waals surface area contributed by atoms with Crippen molar-refractivity contribution in [2.75, 3.05) is 19.9 Å². The Morgan fingerprint density at radius 2 is 1.86 bits per heavy atom. The fourth-order valence-corrected chi connectivity index (χ4v) is 4.53. The van der Waals surface area contributed by atoms with Gasteiger partial charge in [-0.15, -0.1) is 11.3 Å². The Labute approximate surface area is 210 Å². The lowest BCUT2D eigenvalue weighted by Gasteiger charge is -2.08. The zero-order valence-corrected chi connectivity index (χ0v) is 20.8. The highest BCUT2D eigenvalue weighted by atomic mass is 32.2. The number of nitrogens with zero attached hydrogens (tertiary/aromatic N) is 1. The lowest BCUT2D eigenvalue weighted by Crippen LogP contribution is -2.24. The van der Waals surface area contributed by atoms with Crippen LogP contribution in [0.4, 0.5) is 18.9 Å². The number of allylic oxidation sites excluding steroid dienone is 2. The average Bonchev–Trinajstić information content (AvgIpc) is 3.31. The number of sulfone groups is 1. The van der Waals surface area contributed by atoms with Crippen molar-refractivity contribution in [1.82, 2.24) is 5.32 Å². The largest absolute Gasteiger partial charge is 0.484 e. The van der Waals surface area contributed by atoms with Crippen molar-refractivity contribution in [1.29, 1.82) is 0 Å². The molecule has 0 aliphatic carbocycles. The number of ether oxygens (including phenoxy) is 1. The number of amides is 1. The normalized spacial score (nSPS) is 12.9.